The molecule has 2 heterocycles. The first-order valence-corrected chi connectivity index (χ1v) is 4.44. The number of hydrogen-bond donors (Lipinski definition) is 1. The number of hydrogen-bond acceptors (Lipinski definition) is 5. The van der Waals surface area contributed by atoms with Crippen molar-refractivity contribution in [2.45, 2.75) is 6.54 Å². The van der Waals surface area contributed by atoms with E-state index in [-0.39, 0.29) is 0 Å². The Balaban J connectivity index is 2.37. The lowest BCUT2D eigenvalue weighted by molar-refractivity contribution is 0.412. The molecule has 0 amide bonds. The number of pyridine rings is 1. The Labute approximate surface area is 86.7 Å². The van der Waals surface area contributed by atoms with Crippen LogP contribution >= 0.6 is 0 Å². The predicted molar refractivity (Wildman–Crippen MR) is 53.6 cm³/mol. The third-order valence-corrected chi connectivity index (χ3v) is 1.97. The second-order valence-corrected chi connectivity index (χ2v) is 2.85. The Hall–Kier alpha value is -1.95. The van der Waals surface area contributed by atoms with E-state index in [0.717, 1.165) is 0 Å². The van der Waals surface area contributed by atoms with Gasteiger partial charge in [0.05, 0.1) is 19.9 Å². The van der Waals surface area contributed by atoms with E-state index in [2.05, 4.69) is 15.1 Å². The van der Waals surface area contributed by atoms with Crippen LogP contribution in [0.1, 0.15) is 5.82 Å². The molecule has 6 nitrogen and oxygen atoms in total. The van der Waals surface area contributed by atoms with Gasteiger partial charge >= 0.3 is 0 Å². The van der Waals surface area contributed by atoms with Gasteiger partial charge in [-0.1, -0.05) is 0 Å². The van der Waals surface area contributed by atoms with Crippen LogP contribution in [-0.2, 0) is 6.54 Å². The molecule has 6 heteroatoms. The molecule has 0 aromatic carbocycles. The lowest BCUT2D eigenvalue weighted by Gasteiger charge is -2.04. The lowest BCUT2D eigenvalue weighted by atomic mass is 10.4. The van der Waals surface area contributed by atoms with Crippen molar-refractivity contribution in [1.29, 1.82) is 0 Å². The minimum Gasteiger partial charge on any atom is -0.495 e. The Morgan fingerprint density at radius 2 is 2.27 bits per heavy atom. The van der Waals surface area contributed by atoms with Gasteiger partial charge in [-0.05, 0) is 12.1 Å². The highest BCUT2D eigenvalue weighted by atomic mass is 16.5. The van der Waals surface area contributed by atoms with E-state index in [1.807, 2.05) is 6.07 Å². The molecule has 0 atom stereocenters. The van der Waals surface area contributed by atoms with Gasteiger partial charge in [-0.3, -0.25) is 0 Å². The van der Waals surface area contributed by atoms with Crippen molar-refractivity contribution in [2.24, 2.45) is 5.73 Å². The van der Waals surface area contributed by atoms with Crippen molar-refractivity contribution >= 4 is 0 Å². The van der Waals surface area contributed by atoms with E-state index in [0.29, 0.717) is 23.9 Å². The average molecular weight is 205 g/mol. The van der Waals surface area contributed by atoms with Crippen molar-refractivity contribution in [2.75, 3.05) is 7.11 Å². The fraction of sp³-hybridized carbons (Fsp3) is 0.222. The largest absolute Gasteiger partial charge is 0.495 e. The smallest absolute Gasteiger partial charge is 0.155 e. The maximum atomic E-state index is 5.51. The molecule has 0 bridgehead atoms. The van der Waals surface area contributed by atoms with E-state index < -0.39 is 0 Å². The van der Waals surface area contributed by atoms with E-state index in [9.17, 15) is 0 Å². The first kappa shape index (κ1) is 9.60. The third-order valence-electron chi connectivity index (χ3n) is 1.97. The monoisotopic (exact) mass is 205 g/mol. The Morgan fingerprint density at radius 1 is 1.40 bits per heavy atom. The summed E-state index contributed by atoms with van der Waals surface area (Å²) >= 11 is 0. The molecule has 0 saturated carbocycles. The molecular weight excluding hydrogens is 194 g/mol. The summed E-state index contributed by atoms with van der Waals surface area (Å²) in [7, 11) is 1.59. The van der Waals surface area contributed by atoms with Crippen molar-refractivity contribution < 1.29 is 4.74 Å². The number of nitrogens with two attached hydrogens (primary N) is 1. The zero-order valence-corrected chi connectivity index (χ0v) is 8.29. The lowest BCUT2D eigenvalue weighted by Crippen LogP contribution is -2.09. The van der Waals surface area contributed by atoms with Crippen LogP contribution in [0.5, 0.6) is 5.75 Å². The summed E-state index contributed by atoms with van der Waals surface area (Å²) in [6.07, 6.45) is 3.07. The third kappa shape index (κ3) is 1.79. The fourth-order valence-electron chi connectivity index (χ4n) is 1.21. The second-order valence-electron chi connectivity index (χ2n) is 2.85. The van der Waals surface area contributed by atoms with Gasteiger partial charge in [0.1, 0.15) is 17.9 Å². The van der Waals surface area contributed by atoms with Gasteiger partial charge in [0.15, 0.2) is 5.82 Å². The fourth-order valence-corrected chi connectivity index (χ4v) is 1.21. The summed E-state index contributed by atoms with van der Waals surface area (Å²) in [6.45, 7) is 0.327. The van der Waals surface area contributed by atoms with Crippen LogP contribution in [0.2, 0.25) is 0 Å². The maximum Gasteiger partial charge on any atom is 0.155 e. The van der Waals surface area contributed by atoms with Gasteiger partial charge in [0.25, 0.3) is 0 Å². The number of methoxy groups -OCH3 is 1. The summed E-state index contributed by atoms with van der Waals surface area (Å²) in [5.74, 6) is 2.05. The average Bonchev–Trinajstić information content (AvgIpc) is 2.77. The molecule has 0 radical (unpaired) electrons. The quantitative estimate of drug-likeness (QED) is 0.770. The molecule has 0 saturated heterocycles. The summed E-state index contributed by atoms with van der Waals surface area (Å²) < 4.78 is 6.61. The van der Waals surface area contributed by atoms with Crippen molar-refractivity contribution in [1.82, 2.24) is 19.7 Å². The first-order chi connectivity index (χ1) is 7.35. The van der Waals surface area contributed by atoms with E-state index in [4.69, 9.17) is 10.5 Å². The van der Waals surface area contributed by atoms with Crippen LogP contribution in [0.3, 0.4) is 0 Å². The summed E-state index contributed by atoms with van der Waals surface area (Å²) in [6, 6.07) is 3.61. The van der Waals surface area contributed by atoms with Gasteiger partial charge in [-0.25, -0.2) is 9.97 Å². The molecule has 2 rings (SSSR count). The highest BCUT2D eigenvalue weighted by molar-refractivity contribution is 5.28. The summed E-state index contributed by atoms with van der Waals surface area (Å²) in [4.78, 5) is 8.19. The highest BCUT2D eigenvalue weighted by Crippen LogP contribution is 2.11. The summed E-state index contributed by atoms with van der Waals surface area (Å²) in [5.41, 5.74) is 5.51. The molecule has 2 N–H and O–H groups in total. The SMILES string of the molecule is COc1ccc(-n2ncnc2CN)nc1. The second kappa shape index (κ2) is 4.05. The molecular formula is C9H11N5O. The van der Waals surface area contributed by atoms with E-state index >= 15 is 0 Å². The van der Waals surface area contributed by atoms with Crippen LogP contribution < -0.4 is 10.5 Å². The standard InChI is InChI=1S/C9H11N5O/c1-15-7-2-3-8(11-5-7)14-9(4-10)12-6-13-14/h2-3,5-6H,4,10H2,1H3. The topological polar surface area (TPSA) is 78.8 Å². The van der Waals surface area contributed by atoms with Gasteiger partial charge in [0.2, 0.25) is 0 Å². The Bertz CT molecular complexity index is 436. The first-order valence-electron chi connectivity index (χ1n) is 4.44. The summed E-state index contributed by atoms with van der Waals surface area (Å²) in [5, 5.41) is 4.04. The molecule has 0 fully saturated rings. The van der Waals surface area contributed by atoms with Gasteiger partial charge in [-0.15, -0.1) is 0 Å². The van der Waals surface area contributed by atoms with E-state index in [1.54, 1.807) is 24.1 Å². The van der Waals surface area contributed by atoms with Gasteiger partial charge in [0, 0.05) is 0 Å². The minimum atomic E-state index is 0.327. The zero-order valence-electron chi connectivity index (χ0n) is 8.29. The van der Waals surface area contributed by atoms with Gasteiger partial charge in [-0.2, -0.15) is 9.78 Å². The minimum absolute atomic E-state index is 0.327. The number of rotatable bonds is 3. The number of nitrogens with zero attached hydrogens (tertiary/aromatic N) is 4. The van der Waals surface area contributed by atoms with Crippen molar-refractivity contribution in [3.63, 3.8) is 0 Å². The van der Waals surface area contributed by atoms with Crippen molar-refractivity contribution in [3.8, 4) is 11.6 Å². The number of ether oxygens (including phenoxy) is 1. The van der Waals surface area contributed by atoms with Crippen LogP contribution in [0, 0.1) is 0 Å². The Morgan fingerprint density at radius 3 is 2.87 bits per heavy atom. The van der Waals surface area contributed by atoms with Crippen molar-refractivity contribution in [3.05, 3.63) is 30.5 Å². The van der Waals surface area contributed by atoms with Crippen LogP contribution in [0.4, 0.5) is 0 Å². The molecule has 2 aromatic rings. The molecule has 2 aromatic heterocycles. The highest BCUT2D eigenvalue weighted by Gasteiger charge is 2.05. The van der Waals surface area contributed by atoms with Crippen LogP contribution in [-0.4, -0.2) is 26.9 Å². The van der Waals surface area contributed by atoms with Crippen LogP contribution in [0.25, 0.3) is 5.82 Å². The number of aromatic nitrogens is 4. The normalized spacial score (nSPS) is 10.3. The molecule has 0 aliphatic heterocycles. The molecule has 78 valence electrons. The van der Waals surface area contributed by atoms with E-state index in [1.165, 1.54) is 6.33 Å². The molecule has 0 aliphatic carbocycles. The molecule has 0 aliphatic rings. The predicted octanol–water partition coefficient (Wildman–Crippen LogP) is 0.130. The van der Waals surface area contributed by atoms with Gasteiger partial charge < -0.3 is 10.5 Å². The maximum absolute atomic E-state index is 5.51. The molecule has 15 heavy (non-hydrogen) atoms. The van der Waals surface area contributed by atoms with Crippen LogP contribution in [0.15, 0.2) is 24.7 Å². The molecule has 0 spiro atoms. The molecule has 0 unspecified atom stereocenters. The Kier molecular flexibility index (Phi) is 2.59. The zero-order chi connectivity index (χ0) is 10.7.